The number of nitrogens with one attached hydrogen (secondary N) is 1. The Bertz CT molecular complexity index is 1120. The van der Waals surface area contributed by atoms with Crippen molar-refractivity contribution in [1.29, 1.82) is 0 Å². The summed E-state index contributed by atoms with van der Waals surface area (Å²) in [4.78, 5) is 14.1. The molecule has 2 aromatic carbocycles. The highest BCUT2D eigenvalue weighted by atomic mass is 35.5. The van der Waals surface area contributed by atoms with Crippen LogP contribution in [-0.4, -0.2) is 15.7 Å². The molecule has 0 atom stereocenters. The van der Waals surface area contributed by atoms with E-state index in [1.54, 1.807) is 24.3 Å². The number of hydrogen-bond donors (Lipinski definition) is 1. The first-order valence-electron chi connectivity index (χ1n) is 7.83. The second-order valence-electron chi connectivity index (χ2n) is 5.77. The fraction of sp³-hybridized carbons (Fsp3) is 0.0526. The summed E-state index contributed by atoms with van der Waals surface area (Å²) in [5.74, 6) is -0.171. The molecule has 130 valence electrons. The number of halogens is 2. The van der Waals surface area contributed by atoms with E-state index < -0.39 is 0 Å². The van der Waals surface area contributed by atoms with Crippen LogP contribution in [0.1, 0.15) is 15.4 Å². The summed E-state index contributed by atoms with van der Waals surface area (Å²) in [6.45, 7) is 1.93. The predicted molar refractivity (Wildman–Crippen MR) is 108 cm³/mol. The van der Waals surface area contributed by atoms with Crippen LogP contribution in [0.2, 0.25) is 10.0 Å². The SMILES string of the molecule is Cc1nn(-c2ccc(Cl)cc2)c2sc(C(=O)Nc3cccc(Cl)c3)cc12. The third-order valence-electron chi connectivity index (χ3n) is 3.92. The number of carbonyl (C=O) groups is 1. The van der Waals surface area contributed by atoms with Gasteiger partial charge in [-0.3, -0.25) is 4.79 Å². The number of nitrogens with zero attached hydrogens (tertiary/aromatic N) is 2. The fourth-order valence-electron chi connectivity index (χ4n) is 2.68. The van der Waals surface area contributed by atoms with Gasteiger partial charge in [-0.1, -0.05) is 29.3 Å². The maximum atomic E-state index is 12.6. The number of rotatable bonds is 3. The van der Waals surface area contributed by atoms with E-state index in [4.69, 9.17) is 23.2 Å². The van der Waals surface area contributed by atoms with Gasteiger partial charge < -0.3 is 5.32 Å². The molecule has 0 bridgehead atoms. The largest absolute Gasteiger partial charge is 0.321 e. The van der Waals surface area contributed by atoms with Crippen LogP contribution in [0.4, 0.5) is 5.69 Å². The van der Waals surface area contributed by atoms with Crippen molar-refractivity contribution in [3.63, 3.8) is 0 Å². The quantitative estimate of drug-likeness (QED) is 0.460. The predicted octanol–water partition coefficient (Wildman–Crippen LogP) is 5.95. The molecular weight excluding hydrogens is 389 g/mol. The van der Waals surface area contributed by atoms with Crippen LogP contribution in [0.25, 0.3) is 15.9 Å². The molecule has 0 spiro atoms. The third-order valence-corrected chi connectivity index (χ3v) is 5.52. The van der Waals surface area contributed by atoms with Gasteiger partial charge in [0.2, 0.25) is 0 Å². The van der Waals surface area contributed by atoms with E-state index in [9.17, 15) is 4.79 Å². The van der Waals surface area contributed by atoms with E-state index in [2.05, 4.69) is 10.4 Å². The van der Waals surface area contributed by atoms with Crippen molar-refractivity contribution in [2.75, 3.05) is 5.32 Å². The normalized spacial score (nSPS) is 11.0. The van der Waals surface area contributed by atoms with E-state index in [0.29, 0.717) is 20.6 Å². The lowest BCUT2D eigenvalue weighted by Gasteiger charge is -2.04. The summed E-state index contributed by atoms with van der Waals surface area (Å²) < 4.78 is 1.84. The molecule has 7 heteroatoms. The zero-order valence-corrected chi connectivity index (χ0v) is 16.0. The Hall–Kier alpha value is -2.34. The van der Waals surface area contributed by atoms with Gasteiger partial charge in [-0.15, -0.1) is 11.3 Å². The van der Waals surface area contributed by atoms with E-state index in [1.165, 1.54) is 11.3 Å². The van der Waals surface area contributed by atoms with E-state index >= 15 is 0 Å². The highest BCUT2D eigenvalue weighted by Gasteiger charge is 2.17. The molecule has 4 aromatic rings. The molecule has 0 saturated heterocycles. The average molecular weight is 402 g/mol. The number of aromatic nitrogens is 2. The summed E-state index contributed by atoms with van der Waals surface area (Å²) in [5, 5.41) is 9.66. The van der Waals surface area contributed by atoms with Crippen molar-refractivity contribution in [3.8, 4) is 5.69 Å². The molecule has 0 aliphatic carbocycles. The van der Waals surface area contributed by atoms with E-state index in [1.807, 2.05) is 41.9 Å². The van der Waals surface area contributed by atoms with Crippen molar-refractivity contribution < 1.29 is 4.79 Å². The number of benzene rings is 2. The van der Waals surface area contributed by atoms with Crippen molar-refractivity contribution >= 4 is 56.3 Å². The Morgan fingerprint density at radius 3 is 2.58 bits per heavy atom. The number of fused-ring (bicyclic) bond motifs is 1. The zero-order valence-electron chi connectivity index (χ0n) is 13.7. The van der Waals surface area contributed by atoms with Crippen LogP contribution < -0.4 is 5.32 Å². The molecule has 26 heavy (non-hydrogen) atoms. The van der Waals surface area contributed by atoms with Crippen LogP contribution in [0, 0.1) is 6.92 Å². The Morgan fingerprint density at radius 1 is 1.08 bits per heavy atom. The van der Waals surface area contributed by atoms with Crippen LogP contribution in [-0.2, 0) is 0 Å². The number of amides is 1. The lowest BCUT2D eigenvalue weighted by Crippen LogP contribution is -2.09. The average Bonchev–Trinajstić information content (AvgIpc) is 3.17. The number of carbonyl (C=O) groups excluding carboxylic acids is 1. The molecule has 2 heterocycles. The molecule has 1 N–H and O–H groups in total. The van der Waals surface area contributed by atoms with Gasteiger partial charge in [-0.25, -0.2) is 4.68 Å². The molecule has 1 amide bonds. The lowest BCUT2D eigenvalue weighted by molar-refractivity contribution is 0.103. The second-order valence-corrected chi connectivity index (χ2v) is 7.67. The van der Waals surface area contributed by atoms with Crippen molar-refractivity contribution in [2.45, 2.75) is 6.92 Å². The minimum atomic E-state index is -0.171. The van der Waals surface area contributed by atoms with Gasteiger partial charge >= 0.3 is 0 Å². The smallest absolute Gasteiger partial charge is 0.265 e. The van der Waals surface area contributed by atoms with Crippen molar-refractivity contribution in [1.82, 2.24) is 9.78 Å². The van der Waals surface area contributed by atoms with Crippen LogP contribution >= 0.6 is 34.5 Å². The Kier molecular flexibility index (Phi) is 4.44. The van der Waals surface area contributed by atoms with Crippen molar-refractivity contribution in [2.24, 2.45) is 0 Å². The summed E-state index contributed by atoms with van der Waals surface area (Å²) in [6.07, 6.45) is 0. The van der Waals surface area contributed by atoms with Crippen LogP contribution in [0.5, 0.6) is 0 Å². The number of thiophene rings is 1. The molecule has 0 radical (unpaired) electrons. The highest BCUT2D eigenvalue weighted by molar-refractivity contribution is 7.20. The molecule has 4 rings (SSSR count). The molecule has 2 aromatic heterocycles. The fourth-order valence-corrected chi connectivity index (χ4v) is 4.07. The van der Waals surface area contributed by atoms with E-state index in [-0.39, 0.29) is 5.91 Å². The standard InChI is InChI=1S/C19H13Cl2N3OS/c1-11-16-10-17(18(25)22-14-4-2-3-13(21)9-14)26-19(16)24(23-11)15-7-5-12(20)6-8-15/h2-10H,1H3,(H,22,25). The summed E-state index contributed by atoms with van der Waals surface area (Å²) in [6, 6.07) is 16.4. The monoisotopic (exact) mass is 401 g/mol. The van der Waals surface area contributed by atoms with Gasteiger partial charge in [0.15, 0.2) is 0 Å². The lowest BCUT2D eigenvalue weighted by atomic mass is 10.3. The zero-order chi connectivity index (χ0) is 18.3. The second kappa shape index (κ2) is 6.76. The van der Waals surface area contributed by atoms with Gasteiger partial charge in [0.1, 0.15) is 4.83 Å². The van der Waals surface area contributed by atoms with Gasteiger partial charge in [0.05, 0.1) is 16.3 Å². The summed E-state index contributed by atoms with van der Waals surface area (Å²) in [5.41, 5.74) is 2.43. The minimum Gasteiger partial charge on any atom is -0.321 e. The topological polar surface area (TPSA) is 46.9 Å². The van der Waals surface area contributed by atoms with Gasteiger partial charge in [0.25, 0.3) is 5.91 Å². The van der Waals surface area contributed by atoms with Gasteiger partial charge in [0, 0.05) is 21.1 Å². The Balaban J connectivity index is 1.70. The molecule has 0 aliphatic rings. The van der Waals surface area contributed by atoms with Gasteiger partial charge in [-0.2, -0.15) is 5.10 Å². The number of anilines is 1. The summed E-state index contributed by atoms with van der Waals surface area (Å²) >= 11 is 13.3. The molecule has 0 aliphatic heterocycles. The Morgan fingerprint density at radius 2 is 1.85 bits per heavy atom. The first-order valence-corrected chi connectivity index (χ1v) is 9.40. The van der Waals surface area contributed by atoms with Crippen LogP contribution in [0.15, 0.2) is 54.6 Å². The molecule has 0 unspecified atom stereocenters. The highest BCUT2D eigenvalue weighted by Crippen LogP contribution is 2.31. The number of hydrogen-bond acceptors (Lipinski definition) is 3. The third kappa shape index (κ3) is 3.21. The maximum absolute atomic E-state index is 12.6. The van der Waals surface area contributed by atoms with Gasteiger partial charge in [-0.05, 0) is 55.5 Å². The van der Waals surface area contributed by atoms with Crippen LogP contribution in [0.3, 0.4) is 0 Å². The molecule has 0 fully saturated rings. The Labute approximate surface area is 164 Å². The molecular formula is C19H13Cl2N3OS. The first-order chi connectivity index (χ1) is 12.5. The number of aryl methyl sites for hydroxylation is 1. The maximum Gasteiger partial charge on any atom is 0.265 e. The first kappa shape index (κ1) is 17.1. The minimum absolute atomic E-state index is 0.171. The molecule has 0 saturated carbocycles. The van der Waals surface area contributed by atoms with E-state index in [0.717, 1.165) is 21.6 Å². The molecule has 4 nitrogen and oxygen atoms in total. The van der Waals surface area contributed by atoms with Crippen molar-refractivity contribution in [3.05, 3.63) is 75.2 Å². The summed E-state index contributed by atoms with van der Waals surface area (Å²) in [7, 11) is 0.